The second-order valence-corrected chi connectivity index (χ2v) is 6.26. The van der Waals surface area contributed by atoms with E-state index in [0.29, 0.717) is 18.7 Å². The number of amides is 1. The summed E-state index contributed by atoms with van der Waals surface area (Å²) in [5.74, 6) is 0.360. The maximum absolute atomic E-state index is 13.2. The van der Waals surface area contributed by atoms with Gasteiger partial charge in [-0.15, -0.1) is 0 Å². The lowest BCUT2D eigenvalue weighted by atomic mass is 10.2. The van der Waals surface area contributed by atoms with Crippen LogP contribution in [0, 0.1) is 5.82 Å². The Hall–Kier alpha value is -2.76. The van der Waals surface area contributed by atoms with Crippen molar-refractivity contribution in [1.82, 2.24) is 19.4 Å². The summed E-state index contributed by atoms with van der Waals surface area (Å²) in [6, 6.07) is 9.47. The summed E-state index contributed by atoms with van der Waals surface area (Å²) in [6.45, 7) is 5.94. The van der Waals surface area contributed by atoms with E-state index in [2.05, 4.69) is 16.5 Å². The Bertz CT molecular complexity index is 888. The van der Waals surface area contributed by atoms with Crippen molar-refractivity contribution in [3.05, 3.63) is 59.8 Å². The molecule has 0 unspecified atom stereocenters. The van der Waals surface area contributed by atoms with Crippen LogP contribution in [-0.2, 0) is 13.1 Å². The lowest BCUT2D eigenvalue weighted by Gasteiger charge is -2.22. The standard InChI is InChI=1S/C20H23FN4O/c1-3-12-24(20(26)15-7-9-16(21)10-8-15)14-18-23-17-6-5-11-22-19(17)25(18)13-4-2/h5-11H,3-4,12-14H2,1-2H3. The van der Waals surface area contributed by atoms with Crippen molar-refractivity contribution in [2.24, 2.45) is 0 Å². The highest BCUT2D eigenvalue weighted by Gasteiger charge is 2.19. The first-order chi connectivity index (χ1) is 12.6. The van der Waals surface area contributed by atoms with Gasteiger partial charge in [0.2, 0.25) is 0 Å². The molecule has 0 aliphatic carbocycles. The van der Waals surface area contributed by atoms with Crippen LogP contribution in [0.4, 0.5) is 4.39 Å². The highest BCUT2D eigenvalue weighted by atomic mass is 19.1. The molecule has 0 fully saturated rings. The van der Waals surface area contributed by atoms with Crippen LogP contribution >= 0.6 is 0 Å². The van der Waals surface area contributed by atoms with Gasteiger partial charge in [-0.1, -0.05) is 13.8 Å². The summed E-state index contributed by atoms with van der Waals surface area (Å²) in [5, 5.41) is 0. The van der Waals surface area contributed by atoms with Gasteiger partial charge < -0.3 is 9.47 Å². The third kappa shape index (κ3) is 3.74. The molecule has 3 rings (SSSR count). The van der Waals surface area contributed by atoms with Crippen LogP contribution in [0.2, 0.25) is 0 Å². The molecule has 0 spiro atoms. The zero-order valence-electron chi connectivity index (χ0n) is 15.2. The van der Waals surface area contributed by atoms with Crippen molar-refractivity contribution in [2.45, 2.75) is 39.8 Å². The number of carbonyl (C=O) groups is 1. The molecule has 0 aliphatic heterocycles. The molecule has 0 N–H and O–H groups in total. The Morgan fingerprint density at radius 1 is 1.15 bits per heavy atom. The second kappa shape index (κ2) is 8.08. The van der Waals surface area contributed by atoms with Crippen LogP contribution in [0.3, 0.4) is 0 Å². The fourth-order valence-corrected chi connectivity index (χ4v) is 3.05. The number of carbonyl (C=O) groups excluding carboxylic acids is 1. The first kappa shape index (κ1) is 18.0. The van der Waals surface area contributed by atoms with Crippen molar-refractivity contribution < 1.29 is 9.18 Å². The first-order valence-electron chi connectivity index (χ1n) is 8.99. The van der Waals surface area contributed by atoms with Gasteiger partial charge in [0.25, 0.3) is 5.91 Å². The molecule has 0 atom stereocenters. The van der Waals surface area contributed by atoms with Crippen molar-refractivity contribution in [3.8, 4) is 0 Å². The van der Waals surface area contributed by atoms with E-state index < -0.39 is 0 Å². The maximum atomic E-state index is 13.2. The van der Waals surface area contributed by atoms with Gasteiger partial charge in [-0.3, -0.25) is 4.79 Å². The van der Waals surface area contributed by atoms with Gasteiger partial charge in [-0.05, 0) is 49.2 Å². The fraction of sp³-hybridized carbons (Fsp3) is 0.350. The Kier molecular flexibility index (Phi) is 5.61. The predicted octanol–water partition coefficient (Wildman–Crippen LogP) is 4.03. The molecule has 2 heterocycles. The van der Waals surface area contributed by atoms with Crippen LogP contribution in [-0.4, -0.2) is 31.9 Å². The van der Waals surface area contributed by atoms with Gasteiger partial charge >= 0.3 is 0 Å². The monoisotopic (exact) mass is 354 g/mol. The minimum absolute atomic E-state index is 0.116. The molecular weight excluding hydrogens is 331 g/mol. The van der Waals surface area contributed by atoms with Gasteiger partial charge in [-0.25, -0.2) is 14.4 Å². The number of aryl methyl sites for hydroxylation is 1. The average Bonchev–Trinajstić information content (AvgIpc) is 2.99. The number of hydrogen-bond acceptors (Lipinski definition) is 3. The zero-order valence-corrected chi connectivity index (χ0v) is 15.2. The summed E-state index contributed by atoms with van der Waals surface area (Å²) in [4.78, 5) is 23.8. The molecular formula is C20H23FN4O. The lowest BCUT2D eigenvalue weighted by molar-refractivity contribution is 0.0737. The molecule has 0 saturated heterocycles. The maximum Gasteiger partial charge on any atom is 0.254 e. The predicted molar refractivity (Wildman–Crippen MR) is 99.3 cm³/mol. The lowest BCUT2D eigenvalue weighted by Crippen LogP contribution is -2.32. The summed E-state index contributed by atoms with van der Waals surface area (Å²) >= 11 is 0. The van der Waals surface area contributed by atoms with E-state index in [1.54, 1.807) is 11.1 Å². The first-order valence-corrected chi connectivity index (χ1v) is 8.99. The van der Waals surface area contributed by atoms with E-state index in [9.17, 15) is 9.18 Å². The molecule has 5 nitrogen and oxygen atoms in total. The molecule has 0 bridgehead atoms. The number of benzene rings is 1. The Balaban J connectivity index is 1.92. The van der Waals surface area contributed by atoms with Crippen molar-refractivity contribution in [1.29, 1.82) is 0 Å². The van der Waals surface area contributed by atoms with Crippen LogP contribution in [0.15, 0.2) is 42.6 Å². The van der Waals surface area contributed by atoms with Crippen molar-refractivity contribution >= 4 is 17.1 Å². The quantitative estimate of drug-likeness (QED) is 0.644. The van der Waals surface area contributed by atoms with Gasteiger partial charge in [0, 0.05) is 24.8 Å². The highest BCUT2D eigenvalue weighted by molar-refractivity contribution is 5.94. The number of halogens is 1. The minimum atomic E-state index is -0.348. The van der Waals surface area contributed by atoms with Gasteiger partial charge in [-0.2, -0.15) is 0 Å². The largest absolute Gasteiger partial charge is 0.331 e. The number of aromatic nitrogens is 3. The minimum Gasteiger partial charge on any atom is -0.331 e. The highest BCUT2D eigenvalue weighted by Crippen LogP contribution is 2.17. The molecule has 0 radical (unpaired) electrons. The average molecular weight is 354 g/mol. The Morgan fingerprint density at radius 2 is 1.92 bits per heavy atom. The topological polar surface area (TPSA) is 51.0 Å². The summed E-state index contributed by atoms with van der Waals surface area (Å²) in [7, 11) is 0. The molecule has 6 heteroatoms. The summed E-state index contributed by atoms with van der Waals surface area (Å²) in [6.07, 6.45) is 3.54. The van der Waals surface area contributed by atoms with Crippen LogP contribution in [0.25, 0.3) is 11.2 Å². The number of imidazole rings is 1. The van der Waals surface area contributed by atoms with E-state index in [1.807, 2.05) is 19.1 Å². The molecule has 0 aliphatic rings. The zero-order chi connectivity index (χ0) is 18.5. The number of hydrogen-bond donors (Lipinski definition) is 0. The molecule has 0 saturated carbocycles. The molecule has 1 aromatic carbocycles. The number of rotatable bonds is 7. The van der Waals surface area contributed by atoms with E-state index in [-0.39, 0.29) is 11.7 Å². The van der Waals surface area contributed by atoms with Crippen LogP contribution in [0.1, 0.15) is 42.9 Å². The smallest absolute Gasteiger partial charge is 0.254 e. The third-order valence-corrected chi connectivity index (χ3v) is 4.23. The fourth-order valence-electron chi connectivity index (χ4n) is 3.05. The molecule has 1 amide bonds. The summed E-state index contributed by atoms with van der Waals surface area (Å²) < 4.78 is 15.2. The normalized spacial score (nSPS) is 11.0. The molecule has 2 aromatic heterocycles. The van der Waals surface area contributed by atoms with Crippen molar-refractivity contribution in [2.75, 3.05) is 6.54 Å². The second-order valence-electron chi connectivity index (χ2n) is 6.26. The van der Waals surface area contributed by atoms with E-state index in [4.69, 9.17) is 4.98 Å². The third-order valence-electron chi connectivity index (χ3n) is 4.23. The van der Waals surface area contributed by atoms with Crippen LogP contribution < -0.4 is 0 Å². The van der Waals surface area contributed by atoms with E-state index in [1.165, 1.54) is 24.3 Å². The van der Waals surface area contributed by atoms with Crippen molar-refractivity contribution in [3.63, 3.8) is 0 Å². The molecule has 26 heavy (non-hydrogen) atoms. The van der Waals surface area contributed by atoms with E-state index >= 15 is 0 Å². The Morgan fingerprint density at radius 3 is 2.62 bits per heavy atom. The Labute approximate surface area is 152 Å². The molecule has 136 valence electrons. The van der Waals surface area contributed by atoms with Gasteiger partial charge in [0.05, 0.1) is 6.54 Å². The van der Waals surface area contributed by atoms with Gasteiger partial charge in [0.15, 0.2) is 5.65 Å². The molecule has 3 aromatic rings. The number of pyridine rings is 1. The SMILES string of the molecule is CCCN(Cc1nc2cccnc2n1CCC)C(=O)c1ccc(F)cc1. The van der Waals surface area contributed by atoms with Crippen LogP contribution in [0.5, 0.6) is 0 Å². The number of fused-ring (bicyclic) bond motifs is 1. The van der Waals surface area contributed by atoms with E-state index in [0.717, 1.165) is 36.4 Å². The summed E-state index contributed by atoms with van der Waals surface area (Å²) in [5.41, 5.74) is 2.16. The number of nitrogens with zero attached hydrogens (tertiary/aromatic N) is 4. The van der Waals surface area contributed by atoms with Gasteiger partial charge in [0.1, 0.15) is 17.2 Å².